The predicted octanol–water partition coefficient (Wildman–Crippen LogP) is 3.09. The molecular formula is C36H61N7O6. The summed E-state index contributed by atoms with van der Waals surface area (Å²) in [5.41, 5.74) is -0.378. The van der Waals surface area contributed by atoms with Gasteiger partial charge >= 0.3 is 12.1 Å². The molecule has 0 aromatic heterocycles. The molecule has 13 nitrogen and oxygen atoms in total. The molecule has 1 aliphatic carbocycles. The number of rotatable bonds is 15. The molecule has 3 rings (SSSR count). The molecule has 3 aliphatic rings. The molecule has 276 valence electrons. The molecule has 2 aliphatic heterocycles. The number of nitrogens with one attached hydrogen (secondary N) is 5. The van der Waals surface area contributed by atoms with Gasteiger partial charge in [-0.05, 0) is 55.3 Å². The first-order valence-electron chi connectivity index (χ1n) is 18.3. The van der Waals surface area contributed by atoms with Gasteiger partial charge in [0.05, 0.1) is 12.1 Å². The van der Waals surface area contributed by atoms with E-state index in [-0.39, 0.29) is 54.1 Å². The number of likely N-dealkylation sites (tertiary alicyclic amines) is 1. The monoisotopic (exact) mass is 687 g/mol. The molecule has 0 bridgehead atoms. The highest BCUT2D eigenvalue weighted by Crippen LogP contribution is 2.34. The topological polar surface area (TPSA) is 169 Å². The van der Waals surface area contributed by atoms with Crippen molar-refractivity contribution < 1.29 is 28.8 Å². The molecule has 0 aromatic carbocycles. The summed E-state index contributed by atoms with van der Waals surface area (Å²) >= 11 is 0. The van der Waals surface area contributed by atoms with E-state index < -0.39 is 41.8 Å². The van der Waals surface area contributed by atoms with Crippen LogP contribution in [-0.2, 0) is 19.2 Å². The standard InChI is InChI=1S/C36H61N7O6/c1-8-14-26(30(44)32(46)37-18-9-2)39-31(45)29-25(23(3)4)17-21-43(29)33(47)28(24-15-11-10-12-16-24)41-34(48)40-27(36(5,6)7)22-42-20-13-19-38-35(42)49/h9,23-29H,2,8,10-22H2,1,3-7H3,(H,37,46)(H,38,49)(H,39,45)(H2,40,41,48)/t25?,26?,27-,28+,29+/m1/s1. The minimum atomic E-state index is -1.03. The number of hydrogen-bond donors (Lipinski definition) is 5. The highest BCUT2D eigenvalue weighted by molar-refractivity contribution is 6.38. The van der Waals surface area contributed by atoms with Crippen molar-refractivity contribution in [1.82, 2.24) is 36.4 Å². The Morgan fingerprint density at radius 1 is 0.980 bits per heavy atom. The fourth-order valence-corrected chi connectivity index (χ4v) is 7.30. The highest BCUT2D eigenvalue weighted by atomic mass is 16.2. The molecular weight excluding hydrogens is 626 g/mol. The van der Waals surface area contributed by atoms with Crippen molar-refractivity contribution in [1.29, 1.82) is 0 Å². The van der Waals surface area contributed by atoms with Gasteiger partial charge in [0.15, 0.2) is 0 Å². The molecule has 2 saturated heterocycles. The van der Waals surface area contributed by atoms with Crippen LogP contribution in [0, 0.1) is 23.2 Å². The van der Waals surface area contributed by atoms with E-state index in [4.69, 9.17) is 0 Å². The molecule has 5 atom stereocenters. The number of carbonyl (C=O) groups is 6. The Bertz CT molecular complexity index is 1190. The molecule has 1 saturated carbocycles. The maximum absolute atomic E-state index is 14.6. The summed E-state index contributed by atoms with van der Waals surface area (Å²) in [6.07, 6.45) is 8.24. The van der Waals surface area contributed by atoms with E-state index in [9.17, 15) is 28.8 Å². The second kappa shape index (κ2) is 18.4. The van der Waals surface area contributed by atoms with Crippen LogP contribution in [0.1, 0.15) is 99.3 Å². The van der Waals surface area contributed by atoms with Crippen molar-refractivity contribution in [2.45, 2.75) is 123 Å². The predicted molar refractivity (Wildman–Crippen MR) is 188 cm³/mol. The average molecular weight is 688 g/mol. The minimum absolute atomic E-state index is 0.0636. The Balaban J connectivity index is 1.85. The quantitative estimate of drug-likeness (QED) is 0.131. The van der Waals surface area contributed by atoms with Crippen molar-refractivity contribution in [3.8, 4) is 0 Å². The van der Waals surface area contributed by atoms with Gasteiger partial charge in [0.25, 0.3) is 5.91 Å². The first-order valence-corrected chi connectivity index (χ1v) is 18.3. The van der Waals surface area contributed by atoms with Crippen LogP contribution in [-0.4, -0.2) is 102 Å². The Morgan fingerprint density at radius 3 is 2.27 bits per heavy atom. The van der Waals surface area contributed by atoms with Crippen LogP contribution >= 0.6 is 0 Å². The van der Waals surface area contributed by atoms with Gasteiger partial charge < -0.3 is 36.4 Å². The summed E-state index contributed by atoms with van der Waals surface area (Å²) in [4.78, 5) is 83.7. The Labute approximate surface area is 292 Å². The zero-order valence-electron chi connectivity index (χ0n) is 30.6. The normalized spacial score (nSPS) is 22.1. The van der Waals surface area contributed by atoms with E-state index in [0.29, 0.717) is 39.0 Å². The zero-order chi connectivity index (χ0) is 36.3. The number of hydrogen-bond acceptors (Lipinski definition) is 6. The number of carbonyl (C=O) groups excluding carboxylic acids is 6. The van der Waals surface area contributed by atoms with E-state index in [1.165, 1.54) is 6.08 Å². The van der Waals surface area contributed by atoms with Crippen molar-refractivity contribution >= 4 is 35.6 Å². The van der Waals surface area contributed by atoms with Gasteiger partial charge in [-0.2, -0.15) is 0 Å². The van der Waals surface area contributed by atoms with E-state index in [0.717, 1.165) is 38.5 Å². The summed E-state index contributed by atoms with van der Waals surface area (Å²) in [6.45, 7) is 17.5. The number of amides is 7. The van der Waals surface area contributed by atoms with E-state index in [1.54, 1.807) is 9.80 Å². The van der Waals surface area contributed by atoms with Crippen molar-refractivity contribution in [2.75, 3.05) is 32.7 Å². The minimum Gasteiger partial charge on any atom is -0.346 e. The second-order valence-electron chi connectivity index (χ2n) is 15.3. The molecule has 0 spiro atoms. The van der Waals surface area contributed by atoms with Gasteiger partial charge in [-0.25, -0.2) is 9.59 Å². The molecule has 13 heteroatoms. The lowest BCUT2D eigenvalue weighted by atomic mass is 9.82. The van der Waals surface area contributed by atoms with Gasteiger partial charge in [-0.3, -0.25) is 19.2 Å². The van der Waals surface area contributed by atoms with Crippen LogP contribution in [0.15, 0.2) is 12.7 Å². The van der Waals surface area contributed by atoms with Gasteiger partial charge in [0.1, 0.15) is 12.1 Å². The van der Waals surface area contributed by atoms with Crippen LogP contribution in [0.3, 0.4) is 0 Å². The van der Waals surface area contributed by atoms with Crippen molar-refractivity contribution in [3.63, 3.8) is 0 Å². The summed E-state index contributed by atoms with van der Waals surface area (Å²) in [6, 6.07) is -3.75. The molecule has 49 heavy (non-hydrogen) atoms. The fourth-order valence-electron chi connectivity index (χ4n) is 7.30. The van der Waals surface area contributed by atoms with E-state index in [1.807, 2.05) is 41.5 Å². The SMILES string of the molecule is C=CCNC(=O)C(=O)C(CCC)NC(=O)[C@@H]1C(C(C)C)CCN1C(=O)[C@@H](NC(=O)N[C@H](CN1CCCNC1=O)C(C)(C)C)C1CCCCC1. The Morgan fingerprint density at radius 2 is 1.67 bits per heavy atom. The fraction of sp³-hybridized carbons (Fsp3) is 0.778. The van der Waals surface area contributed by atoms with Gasteiger partial charge in [-0.1, -0.05) is 73.3 Å². The molecule has 2 heterocycles. The van der Waals surface area contributed by atoms with Crippen molar-refractivity contribution in [2.24, 2.45) is 23.2 Å². The third kappa shape index (κ3) is 10.9. The summed E-state index contributed by atoms with van der Waals surface area (Å²) in [5.74, 6) is -2.50. The van der Waals surface area contributed by atoms with E-state index >= 15 is 0 Å². The molecule has 0 radical (unpaired) electrons. The van der Waals surface area contributed by atoms with Crippen LogP contribution in [0.5, 0.6) is 0 Å². The molecule has 5 N–H and O–H groups in total. The highest BCUT2D eigenvalue weighted by Gasteiger charge is 2.47. The Hall–Kier alpha value is -3.64. The van der Waals surface area contributed by atoms with Gasteiger partial charge in [0, 0.05) is 32.7 Å². The van der Waals surface area contributed by atoms with Crippen LogP contribution < -0.4 is 26.6 Å². The zero-order valence-corrected chi connectivity index (χ0v) is 30.6. The number of Topliss-reactive ketones (excluding diaryl/α,β-unsaturated/α-hetero) is 1. The van der Waals surface area contributed by atoms with Gasteiger partial charge in [0.2, 0.25) is 17.6 Å². The lowest BCUT2D eigenvalue weighted by molar-refractivity contribution is -0.144. The molecule has 0 aromatic rings. The van der Waals surface area contributed by atoms with Crippen LogP contribution in [0.2, 0.25) is 0 Å². The van der Waals surface area contributed by atoms with Gasteiger partial charge in [-0.15, -0.1) is 6.58 Å². The lowest BCUT2D eigenvalue weighted by Gasteiger charge is -2.39. The number of urea groups is 2. The summed E-state index contributed by atoms with van der Waals surface area (Å²) in [7, 11) is 0. The first-order chi connectivity index (χ1) is 23.2. The molecule has 3 fully saturated rings. The van der Waals surface area contributed by atoms with E-state index in [2.05, 4.69) is 33.2 Å². The maximum atomic E-state index is 14.6. The molecule has 2 unspecified atom stereocenters. The van der Waals surface area contributed by atoms with Crippen LogP contribution in [0.4, 0.5) is 9.59 Å². The molecule has 7 amide bonds. The maximum Gasteiger partial charge on any atom is 0.317 e. The summed E-state index contributed by atoms with van der Waals surface area (Å²) < 4.78 is 0. The largest absolute Gasteiger partial charge is 0.346 e. The second-order valence-corrected chi connectivity index (χ2v) is 15.3. The number of ketones is 1. The third-order valence-corrected chi connectivity index (χ3v) is 10.3. The number of nitrogens with zero attached hydrogens (tertiary/aromatic N) is 2. The van der Waals surface area contributed by atoms with Crippen LogP contribution in [0.25, 0.3) is 0 Å². The third-order valence-electron chi connectivity index (χ3n) is 10.3. The lowest BCUT2D eigenvalue weighted by Crippen LogP contribution is -2.62. The van der Waals surface area contributed by atoms with Crippen molar-refractivity contribution in [3.05, 3.63) is 12.7 Å². The first kappa shape index (κ1) is 39.8. The average Bonchev–Trinajstić information content (AvgIpc) is 3.52. The smallest absolute Gasteiger partial charge is 0.317 e. The summed E-state index contributed by atoms with van der Waals surface area (Å²) in [5, 5.41) is 14.3. The Kier molecular flexibility index (Phi) is 14.9.